The molecule has 6 nitrogen and oxygen atoms in total. The van der Waals surface area contributed by atoms with Crippen molar-refractivity contribution in [3.8, 4) is 5.75 Å². The molecular weight excluding hydrogens is 490 g/mol. The molecule has 0 aromatic heterocycles. The number of ether oxygens (including phenoxy) is 1. The lowest BCUT2D eigenvalue weighted by atomic mass is 10.0. The molecule has 38 heavy (non-hydrogen) atoms. The van der Waals surface area contributed by atoms with Crippen molar-refractivity contribution in [1.82, 2.24) is 4.90 Å². The third-order valence-electron chi connectivity index (χ3n) is 6.72. The second-order valence-electron chi connectivity index (χ2n) is 9.47. The van der Waals surface area contributed by atoms with Crippen LogP contribution in [0.1, 0.15) is 53.6 Å². The Balaban J connectivity index is 1.67. The van der Waals surface area contributed by atoms with Gasteiger partial charge in [-0.15, -0.1) is 0 Å². The van der Waals surface area contributed by atoms with Crippen LogP contribution in [0.15, 0.2) is 66.7 Å². The molecule has 3 aromatic rings. The number of hydrogen-bond donors (Lipinski definition) is 1. The number of anilines is 1. The molecule has 1 N–H and O–H groups in total. The fourth-order valence-electron chi connectivity index (χ4n) is 4.73. The molecule has 1 heterocycles. The fourth-order valence-corrected chi connectivity index (χ4v) is 4.73. The SMILES string of the molecule is O=C(O)c1ccc2c(c1)CN(Cc1c(F)cccc1F)CCCCCCCN2C(=O)COc1ccccc1. The number of carboxylic acids is 1. The van der Waals surface area contributed by atoms with Crippen LogP contribution >= 0.6 is 0 Å². The highest BCUT2D eigenvalue weighted by Crippen LogP contribution is 2.27. The van der Waals surface area contributed by atoms with Crippen LogP contribution in [0.4, 0.5) is 14.5 Å². The quantitative estimate of drug-likeness (QED) is 0.427. The van der Waals surface area contributed by atoms with Crippen LogP contribution in [0.3, 0.4) is 0 Å². The number of carboxylic acid groups (broad SMARTS) is 1. The first kappa shape index (κ1) is 27.3. The van der Waals surface area contributed by atoms with Crippen molar-refractivity contribution in [1.29, 1.82) is 0 Å². The largest absolute Gasteiger partial charge is 0.484 e. The van der Waals surface area contributed by atoms with E-state index in [-0.39, 0.29) is 36.7 Å². The molecule has 1 aliphatic heterocycles. The molecule has 8 heteroatoms. The van der Waals surface area contributed by atoms with Gasteiger partial charge in [0.15, 0.2) is 6.61 Å². The number of para-hydroxylation sites is 1. The molecule has 3 aromatic carbocycles. The third kappa shape index (κ3) is 7.16. The highest BCUT2D eigenvalue weighted by Gasteiger charge is 2.23. The topological polar surface area (TPSA) is 70.1 Å². The number of benzene rings is 3. The maximum atomic E-state index is 14.5. The van der Waals surface area contributed by atoms with E-state index in [4.69, 9.17) is 4.74 Å². The highest BCUT2D eigenvalue weighted by molar-refractivity contribution is 5.96. The van der Waals surface area contributed by atoms with Gasteiger partial charge in [0.05, 0.1) is 5.56 Å². The molecule has 1 amide bonds. The van der Waals surface area contributed by atoms with E-state index in [2.05, 4.69) is 0 Å². The van der Waals surface area contributed by atoms with E-state index in [9.17, 15) is 23.5 Å². The van der Waals surface area contributed by atoms with Crippen LogP contribution in [0, 0.1) is 11.6 Å². The normalized spacial score (nSPS) is 15.2. The lowest BCUT2D eigenvalue weighted by molar-refractivity contribution is -0.120. The molecule has 0 aliphatic carbocycles. The van der Waals surface area contributed by atoms with E-state index in [1.807, 2.05) is 23.1 Å². The average Bonchev–Trinajstić information content (AvgIpc) is 2.90. The molecule has 200 valence electrons. The van der Waals surface area contributed by atoms with Crippen LogP contribution < -0.4 is 9.64 Å². The minimum Gasteiger partial charge on any atom is -0.484 e. The van der Waals surface area contributed by atoms with Crippen LogP contribution in [0.25, 0.3) is 0 Å². The molecule has 4 rings (SSSR count). The van der Waals surface area contributed by atoms with Crippen LogP contribution in [-0.2, 0) is 17.9 Å². The van der Waals surface area contributed by atoms with E-state index < -0.39 is 17.6 Å². The van der Waals surface area contributed by atoms with Gasteiger partial charge < -0.3 is 14.7 Å². The Kier molecular flexibility index (Phi) is 9.43. The van der Waals surface area contributed by atoms with Crippen molar-refractivity contribution in [3.63, 3.8) is 0 Å². The summed E-state index contributed by atoms with van der Waals surface area (Å²) in [6, 6.07) is 17.5. The second kappa shape index (κ2) is 13.1. The summed E-state index contributed by atoms with van der Waals surface area (Å²) in [5, 5.41) is 9.64. The number of hydrogen-bond acceptors (Lipinski definition) is 4. The van der Waals surface area contributed by atoms with E-state index in [0.717, 1.165) is 32.1 Å². The smallest absolute Gasteiger partial charge is 0.335 e. The minimum absolute atomic E-state index is 0.0280. The van der Waals surface area contributed by atoms with Crippen LogP contribution in [-0.4, -0.2) is 41.6 Å². The number of aromatic carboxylic acids is 1. The van der Waals surface area contributed by atoms with Gasteiger partial charge in [-0.3, -0.25) is 9.69 Å². The Labute approximate surface area is 221 Å². The number of fused-ring (bicyclic) bond motifs is 1. The first-order valence-corrected chi connectivity index (χ1v) is 12.9. The summed E-state index contributed by atoms with van der Waals surface area (Å²) < 4.78 is 34.7. The van der Waals surface area contributed by atoms with E-state index in [1.54, 1.807) is 29.2 Å². The lowest BCUT2D eigenvalue weighted by Crippen LogP contribution is -2.37. The van der Waals surface area contributed by atoms with Gasteiger partial charge in [-0.2, -0.15) is 0 Å². The van der Waals surface area contributed by atoms with Gasteiger partial charge in [0.1, 0.15) is 17.4 Å². The zero-order chi connectivity index (χ0) is 26.9. The zero-order valence-corrected chi connectivity index (χ0v) is 21.2. The molecular formula is C30H32F2N2O4. The van der Waals surface area contributed by atoms with E-state index in [0.29, 0.717) is 30.1 Å². The van der Waals surface area contributed by atoms with Crippen molar-refractivity contribution in [2.24, 2.45) is 0 Å². The monoisotopic (exact) mass is 522 g/mol. The summed E-state index contributed by atoms with van der Waals surface area (Å²) in [6.45, 7) is 1.12. The number of carbonyl (C=O) groups is 2. The number of amides is 1. The van der Waals surface area contributed by atoms with Crippen LogP contribution in [0.5, 0.6) is 5.75 Å². The van der Waals surface area contributed by atoms with Crippen molar-refractivity contribution in [3.05, 3.63) is 95.1 Å². The van der Waals surface area contributed by atoms with Gasteiger partial charge in [-0.05, 0) is 67.4 Å². The summed E-state index contributed by atoms with van der Waals surface area (Å²) in [5.74, 6) is -2.00. The average molecular weight is 523 g/mol. The molecule has 0 saturated heterocycles. The zero-order valence-electron chi connectivity index (χ0n) is 21.2. The number of rotatable bonds is 6. The highest BCUT2D eigenvalue weighted by atomic mass is 19.1. The van der Waals surface area contributed by atoms with Crippen molar-refractivity contribution in [2.45, 2.75) is 45.2 Å². The Hall–Kier alpha value is -3.78. The molecule has 0 fully saturated rings. The number of halogens is 2. The minimum atomic E-state index is -1.09. The summed E-state index contributed by atoms with van der Waals surface area (Å²) in [5.41, 5.74) is 1.24. The van der Waals surface area contributed by atoms with Crippen molar-refractivity contribution in [2.75, 3.05) is 24.6 Å². The molecule has 0 spiro atoms. The van der Waals surface area contributed by atoms with Gasteiger partial charge in [0.2, 0.25) is 0 Å². The predicted molar refractivity (Wildman–Crippen MR) is 141 cm³/mol. The molecule has 0 unspecified atom stereocenters. The Bertz CT molecular complexity index is 1230. The standard InChI is InChI=1S/C30H32F2N2O4/c31-26-12-9-13-27(32)25(26)20-33-16-7-2-1-3-8-17-34(29(35)21-38-24-10-5-4-6-11-24)28-15-14-22(30(36)37)18-23(28)19-33/h4-6,9-15,18H,1-3,7-8,16-17,19-21H2,(H,36,37). The molecule has 0 bridgehead atoms. The second-order valence-corrected chi connectivity index (χ2v) is 9.47. The van der Waals surface area contributed by atoms with Crippen LogP contribution in [0.2, 0.25) is 0 Å². The van der Waals surface area contributed by atoms with Gasteiger partial charge in [-0.25, -0.2) is 13.6 Å². The Morgan fingerprint density at radius 2 is 1.53 bits per heavy atom. The maximum Gasteiger partial charge on any atom is 0.335 e. The van der Waals surface area contributed by atoms with Crippen molar-refractivity contribution >= 4 is 17.6 Å². The summed E-state index contributed by atoms with van der Waals surface area (Å²) in [7, 11) is 0. The third-order valence-corrected chi connectivity index (χ3v) is 6.72. The molecule has 0 atom stereocenters. The number of carbonyl (C=O) groups excluding carboxylic acids is 1. The fraction of sp³-hybridized carbons (Fsp3) is 0.333. The summed E-state index contributed by atoms with van der Waals surface area (Å²) in [4.78, 5) is 28.8. The van der Waals surface area contributed by atoms with Gasteiger partial charge in [0, 0.05) is 30.9 Å². The Morgan fingerprint density at radius 3 is 2.24 bits per heavy atom. The van der Waals surface area contributed by atoms with Gasteiger partial charge >= 0.3 is 5.97 Å². The van der Waals surface area contributed by atoms with E-state index in [1.165, 1.54) is 24.3 Å². The summed E-state index contributed by atoms with van der Waals surface area (Å²) in [6.07, 6.45) is 4.49. The first-order chi connectivity index (χ1) is 18.4. The van der Waals surface area contributed by atoms with E-state index >= 15 is 0 Å². The van der Waals surface area contributed by atoms with Gasteiger partial charge in [0.25, 0.3) is 5.91 Å². The number of nitrogens with zero attached hydrogens (tertiary/aromatic N) is 2. The maximum absolute atomic E-state index is 14.5. The molecule has 0 radical (unpaired) electrons. The first-order valence-electron chi connectivity index (χ1n) is 12.9. The van der Waals surface area contributed by atoms with Gasteiger partial charge in [-0.1, -0.05) is 43.5 Å². The summed E-state index contributed by atoms with van der Waals surface area (Å²) >= 11 is 0. The predicted octanol–water partition coefficient (Wildman–Crippen LogP) is 6.04. The Morgan fingerprint density at radius 1 is 0.842 bits per heavy atom. The van der Waals surface area contributed by atoms with Crippen molar-refractivity contribution < 1.29 is 28.2 Å². The molecule has 1 aliphatic rings. The lowest BCUT2D eigenvalue weighted by Gasteiger charge is -2.30. The molecule has 0 saturated carbocycles.